The summed E-state index contributed by atoms with van der Waals surface area (Å²) >= 11 is -2.97. The van der Waals surface area contributed by atoms with Crippen LogP contribution < -0.4 is 0 Å². The van der Waals surface area contributed by atoms with Crippen LogP contribution in [0, 0.1) is 12.3 Å². The van der Waals surface area contributed by atoms with Crippen LogP contribution >= 0.6 is 0 Å². The first-order valence-electron chi connectivity index (χ1n) is 15.8. The Balaban J connectivity index is -0.000000526. The molecule has 0 atom stereocenters. The summed E-state index contributed by atoms with van der Waals surface area (Å²) in [5, 5.41) is 16.9. The molecule has 4 heteroatoms. The summed E-state index contributed by atoms with van der Waals surface area (Å²) < 4.78 is 12.3. The van der Waals surface area contributed by atoms with Gasteiger partial charge in [0.25, 0.3) is 0 Å². The number of hydrogen-bond acceptors (Lipinski definition) is 2. The van der Waals surface area contributed by atoms with E-state index in [-0.39, 0.29) is 6.61 Å². The van der Waals surface area contributed by atoms with Crippen molar-refractivity contribution in [1.82, 2.24) is 0 Å². The van der Waals surface area contributed by atoms with Crippen molar-refractivity contribution >= 4 is 38.1 Å². The molecular weight excluding hydrogens is 654 g/mol. The van der Waals surface area contributed by atoms with Crippen LogP contribution in [0.4, 0.5) is 0 Å². The molecule has 0 radical (unpaired) electrons. The van der Waals surface area contributed by atoms with E-state index >= 15 is 0 Å². The molecule has 0 saturated carbocycles. The average Bonchev–Trinajstić information content (AvgIpc) is 2.90. The fourth-order valence-corrected chi connectivity index (χ4v) is 30.0. The number of aliphatic hydroxyl groups is 2. The maximum absolute atomic E-state index is 8.96. The molecule has 0 bridgehead atoms. The van der Waals surface area contributed by atoms with Crippen molar-refractivity contribution in [3.63, 3.8) is 0 Å². The van der Waals surface area contributed by atoms with Crippen LogP contribution in [0.5, 0.6) is 0 Å². The molecule has 0 spiro atoms. The van der Waals surface area contributed by atoms with Crippen molar-refractivity contribution in [3.8, 4) is 12.3 Å². The number of terminal acetylenes is 1. The summed E-state index contributed by atoms with van der Waals surface area (Å²) in [5.74, 6) is 2.27. The standard InChI is InChI=1S/C4H7O.C4H6O.6C4H9.2Sn.H/c2*1-2-3-4-5;6*1-3-4-2;;;/h1-2,5H,3-4H2;1,5H,3-4H2;6*1,3-4H2,2H3;;;. The van der Waals surface area contributed by atoms with Crippen molar-refractivity contribution in [2.45, 2.75) is 158 Å². The molecular formula is C32H68O2Sn2. The van der Waals surface area contributed by atoms with Crippen molar-refractivity contribution in [3.05, 3.63) is 10.2 Å². The third-order valence-corrected chi connectivity index (χ3v) is 31.7. The van der Waals surface area contributed by atoms with Crippen LogP contribution in [0.15, 0.2) is 10.2 Å². The topological polar surface area (TPSA) is 40.5 Å². The van der Waals surface area contributed by atoms with Gasteiger partial charge in [0.2, 0.25) is 0 Å². The molecule has 0 heterocycles. The molecule has 0 rings (SSSR count). The Kier molecular flexibility index (Phi) is 41.1. The number of rotatable bonds is 22. The van der Waals surface area contributed by atoms with Crippen LogP contribution in [-0.4, -0.2) is 61.6 Å². The zero-order chi connectivity index (χ0) is 27.8. The van der Waals surface area contributed by atoms with Gasteiger partial charge in [-0.2, -0.15) is 0 Å². The molecule has 0 unspecified atom stereocenters. The second-order valence-corrected chi connectivity index (χ2v) is 33.5. The van der Waals surface area contributed by atoms with Gasteiger partial charge in [-0.15, -0.1) is 12.3 Å². The van der Waals surface area contributed by atoms with E-state index in [0.717, 1.165) is 6.42 Å². The third kappa shape index (κ3) is 31.0. The van der Waals surface area contributed by atoms with Gasteiger partial charge in [-0.3, -0.25) is 0 Å². The second-order valence-electron chi connectivity index (χ2n) is 10.6. The molecule has 2 N–H and O–H groups in total. The molecule has 0 aliphatic carbocycles. The maximum atomic E-state index is 8.96. The quantitative estimate of drug-likeness (QED) is 0.0864. The SMILES string of the molecule is C#CCCO.CCC[CH2][SnH]([CH2]CCC)[CH2]CCC.CCC[CH2][Sn](/[CH]=C/CCO)([CH2]CCC)[CH2]CCC. The van der Waals surface area contributed by atoms with Crippen LogP contribution in [0.1, 0.15) is 131 Å². The van der Waals surface area contributed by atoms with E-state index in [4.69, 9.17) is 16.6 Å². The van der Waals surface area contributed by atoms with E-state index in [2.05, 4.69) is 57.6 Å². The van der Waals surface area contributed by atoms with E-state index in [1.54, 1.807) is 13.3 Å². The molecule has 0 fully saturated rings. The van der Waals surface area contributed by atoms with Gasteiger partial charge in [-0.05, 0) is 0 Å². The summed E-state index contributed by atoms with van der Waals surface area (Å²) in [4.78, 5) is 0. The Morgan fingerprint density at radius 3 is 1.28 bits per heavy atom. The summed E-state index contributed by atoms with van der Waals surface area (Å²) in [6, 6.07) is 0. The average molecular weight is 722 g/mol. The Hall–Kier alpha value is 0.817. The van der Waals surface area contributed by atoms with Crippen LogP contribution in [0.3, 0.4) is 0 Å². The molecule has 216 valence electrons. The molecule has 36 heavy (non-hydrogen) atoms. The van der Waals surface area contributed by atoms with Crippen molar-refractivity contribution in [1.29, 1.82) is 0 Å². The van der Waals surface area contributed by atoms with Crippen molar-refractivity contribution in [2.24, 2.45) is 0 Å². The first-order chi connectivity index (χ1) is 17.5. The predicted molar refractivity (Wildman–Crippen MR) is 173 cm³/mol. The second kappa shape index (κ2) is 35.8. The number of aliphatic hydroxyl groups excluding tert-OH is 2. The molecule has 0 saturated heterocycles. The minimum atomic E-state index is -2.01. The molecule has 0 aliphatic heterocycles. The summed E-state index contributed by atoms with van der Waals surface area (Å²) in [7, 11) is 0. The fraction of sp³-hybridized carbons (Fsp3) is 0.875. The third-order valence-electron chi connectivity index (χ3n) is 7.01. The van der Waals surface area contributed by atoms with Gasteiger partial charge in [0.1, 0.15) is 0 Å². The van der Waals surface area contributed by atoms with Crippen molar-refractivity contribution < 1.29 is 10.2 Å². The summed E-state index contributed by atoms with van der Waals surface area (Å²) in [6.45, 7) is 14.4. The van der Waals surface area contributed by atoms with Crippen LogP contribution in [0.2, 0.25) is 26.6 Å². The fourth-order valence-electron chi connectivity index (χ4n) is 4.60. The monoisotopic (exact) mass is 724 g/mol. The Bertz CT molecular complexity index is 419. The van der Waals surface area contributed by atoms with E-state index in [0.29, 0.717) is 13.0 Å². The van der Waals surface area contributed by atoms with Crippen molar-refractivity contribution in [2.75, 3.05) is 13.2 Å². The summed E-state index contributed by atoms with van der Waals surface area (Å²) in [5.41, 5.74) is 0. The van der Waals surface area contributed by atoms with E-state index in [1.165, 1.54) is 90.4 Å². The Morgan fingerprint density at radius 1 is 0.639 bits per heavy atom. The molecule has 0 aromatic rings. The van der Waals surface area contributed by atoms with Gasteiger partial charge in [0.05, 0.1) is 6.61 Å². The van der Waals surface area contributed by atoms with Gasteiger partial charge in [0.15, 0.2) is 0 Å². The van der Waals surface area contributed by atoms with E-state index < -0.39 is 38.1 Å². The first-order valence-corrected chi connectivity index (χ1v) is 30.5. The summed E-state index contributed by atoms with van der Waals surface area (Å²) in [6.07, 6.45) is 25.5. The normalized spacial score (nSPS) is 11.1. The molecule has 0 aliphatic rings. The zero-order valence-corrected chi connectivity index (χ0v) is 31.9. The van der Waals surface area contributed by atoms with Gasteiger partial charge >= 0.3 is 212 Å². The number of unbranched alkanes of at least 4 members (excludes halogenated alkanes) is 6. The predicted octanol–water partition coefficient (Wildman–Crippen LogP) is 9.93. The molecule has 0 aromatic heterocycles. The first kappa shape index (κ1) is 41.3. The van der Waals surface area contributed by atoms with Gasteiger partial charge in [-0.25, -0.2) is 0 Å². The Labute approximate surface area is 240 Å². The molecule has 0 amide bonds. The van der Waals surface area contributed by atoms with Gasteiger partial charge in [0, 0.05) is 6.42 Å². The minimum absolute atomic E-state index is 0.108. The van der Waals surface area contributed by atoms with Crippen LogP contribution in [0.25, 0.3) is 0 Å². The molecule has 0 aromatic carbocycles. The number of hydrogen-bond donors (Lipinski definition) is 2. The van der Waals surface area contributed by atoms with Gasteiger partial charge in [-0.1, -0.05) is 0 Å². The Morgan fingerprint density at radius 2 is 1.03 bits per heavy atom. The van der Waals surface area contributed by atoms with E-state index in [9.17, 15) is 0 Å². The van der Waals surface area contributed by atoms with Crippen LogP contribution in [-0.2, 0) is 0 Å². The van der Waals surface area contributed by atoms with E-state index in [1.807, 2.05) is 0 Å². The molecule has 2 nitrogen and oxygen atoms in total. The van der Waals surface area contributed by atoms with Gasteiger partial charge < -0.3 is 5.11 Å². The zero-order valence-electron chi connectivity index (χ0n) is 25.8.